The van der Waals surface area contributed by atoms with Gasteiger partial charge in [-0.3, -0.25) is 9.78 Å². The number of pyridine rings is 1. The standard InChI is InChI=1S/C13H16N2O/c1-3-7-11(4-2)15-13(16)10-12-8-5-6-9-14-12/h2,5-6,8-9,11H,3,7,10H2,1H3,(H,15,16). The zero-order chi connectivity index (χ0) is 11.8. The van der Waals surface area contributed by atoms with Gasteiger partial charge in [0.05, 0.1) is 12.5 Å². The second-order valence-corrected chi connectivity index (χ2v) is 3.57. The van der Waals surface area contributed by atoms with Crippen LogP contribution in [-0.4, -0.2) is 16.9 Å². The van der Waals surface area contributed by atoms with E-state index in [1.54, 1.807) is 6.20 Å². The van der Waals surface area contributed by atoms with E-state index >= 15 is 0 Å². The lowest BCUT2D eigenvalue weighted by Crippen LogP contribution is -2.34. The van der Waals surface area contributed by atoms with Crippen molar-refractivity contribution in [3.8, 4) is 12.3 Å². The summed E-state index contributed by atoms with van der Waals surface area (Å²) in [5.41, 5.74) is 0.757. The first-order valence-corrected chi connectivity index (χ1v) is 5.41. The highest BCUT2D eigenvalue weighted by atomic mass is 16.1. The Kier molecular flexibility index (Phi) is 5.07. The molecule has 0 aliphatic rings. The summed E-state index contributed by atoms with van der Waals surface area (Å²) in [6, 6.07) is 5.34. The zero-order valence-corrected chi connectivity index (χ0v) is 9.44. The molecule has 0 radical (unpaired) electrons. The minimum atomic E-state index is -0.166. The molecular weight excluding hydrogens is 200 g/mol. The van der Waals surface area contributed by atoms with Crippen molar-refractivity contribution in [3.63, 3.8) is 0 Å². The van der Waals surface area contributed by atoms with E-state index < -0.39 is 0 Å². The number of carbonyl (C=O) groups excluding carboxylic acids is 1. The molecule has 1 rings (SSSR count). The van der Waals surface area contributed by atoms with Crippen LogP contribution in [0.15, 0.2) is 24.4 Å². The molecule has 1 atom stereocenters. The molecule has 1 unspecified atom stereocenters. The van der Waals surface area contributed by atoms with Gasteiger partial charge in [-0.2, -0.15) is 0 Å². The molecule has 0 saturated carbocycles. The maximum atomic E-state index is 11.6. The molecular formula is C13H16N2O. The molecule has 0 spiro atoms. The van der Waals surface area contributed by atoms with Crippen LogP contribution in [0.1, 0.15) is 25.5 Å². The summed E-state index contributed by atoms with van der Waals surface area (Å²) in [5, 5.41) is 2.80. The molecule has 84 valence electrons. The Morgan fingerprint density at radius 2 is 2.44 bits per heavy atom. The third kappa shape index (κ3) is 4.14. The van der Waals surface area contributed by atoms with Gasteiger partial charge in [-0.1, -0.05) is 25.3 Å². The number of nitrogens with zero attached hydrogens (tertiary/aromatic N) is 1. The third-order valence-electron chi connectivity index (χ3n) is 2.18. The van der Waals surface area contributed by atoms with Crippen molar-refractivity contribution in [1.29, 1.82) is 0 Å². The molecule has 3 heteroatoms. The molecule has 0 aliphatic carbocycles. The van der Waals surface area contributed by atoms with Crippen molar-refractivity contribution in [3.05, 3.63) is 30.1 Å². The number of terminal acetylenes is 1. The van der Waals surface area contributed by atoms with Crippen molar-refractivity contribution in [2.75, 3.05) is 0 Å². The second-order valence-electron chi connectivity index (χ2n) is 3.57. The number of hydrogen-bond donors (Lipinski definition) is 1. The van der Waals surface area contributed by atoms with E-state index in [1.807, 2.05) is 25.1 Å². The fraction of sp³-hybridized carbons (Fsp3) is 0.385. The second kappa shape index (κ2) is 6.62. The summed E-state index contributed by atoms with van der Waals surface area (Å²) < 4.78 is 0. The van der Waals surface area contributed by atoms with E-state index in [4.69, 9.17) is 6.42 Å². The first kappa shape index (κ1) is 12.3. The molecule has 0 aromatic carbocycles. The lowest BCUT2D eigenvalue weighted by atomic mass is 10.1. The summed E-state index contributed by atoms with van der Waals surface area (Å²) in [4.78, 5) is 15.7. The van der Waals surface area contributed by atoms with Gasteiger partial charge in [0.25, 0.3) is 0 Å². The van der Waals surface area contributed by atoms with Gasteiger partial charge < -0.3 is 5.32 Å². The monoisotopic (exact) mass is 216 g/mol. The van der Waals surface area contributed by atoms with Crippen LogP contribution < -0.4 is 5.32 Å². The number of hydrogen-bond acceptors (Lipinski definition) is 2. The van der Waals surface area contributed by atoms with Gasteiger partial charge in [-0.05, 0) is 18.6 Å². The van der Waals surface area contributed by atoms with E-state index in [-0.39, 0.29) is 18.4 Å². The Balaban J connectivity index is 2.45. The van der Waals surface area contributed by atoms with Crippen molar-refractivity contribution >= 4 is 5.91 Å². The number of rotatable bonds is 5. The van der Waals surface area contributed by atoms with Gasteiger partial charge in [-0.15, -0.1) is 6.42 Å². The van der Waals surface area contributed by atoms with E-state index in [0.29, 0.717) is 0 Å². The van der Waals surface area contributed by atoms with Crippen LogP contribution in [0.4, 0.5) is 0 Å². The zero-order valence-electron chi connectivity index (χ0n) is 9.44. The van der Waals surface area contributed by atoms with Crippen LogP contribution in [0.2, 0.25) is 0 Å². The third-order valence-corrected chi connectivity index (χ3v) is 2.18. The molecule has 0 bridgehead atoms. The van der Waals surface area contributed by atoms with Gasteiger partial charge in [0.15, 0.2) is 0 Å². The Hall–Kier alpha value is -1.82. The average molecular weight is 216 g/mol. The highest BCUT2D eigenvalue weighted by molar-refractivity contribution is 5.78. The lowest BCUT2D eigenvalue weighted by molar-refractivity contribution is -0.120. The molecule has 1 aromatic heterocycles. The molecule has 1 aromatic rings. The summed E-state index contributed by atoms with van der Waals surface area (Å²) in [7, 11) is 0. The Morgan fingerprint density at radius 1 is 1.62 bits per heavy atom. The molecule has 1 N–H and O–H groups in total. The minimum absolute atomic E-state index is 0.0740. The molecule has 3 nitrogen and oxygen atoms in total. The number of carbonyl (C=O) groups is 1. The van der Waals surface area contributed by atoms with E-state index in [1.165, 1.54) is 0 Å². The van der Waals surface area contributed by atoms with Gasteiger partial charge in [0.1, 0.15) is 0 Å². The first-order valence-electron chi connectivity index (χ1n) is 5.41. The fourth-order valence-corrected chi connectivity index (χ4v) is 1.40. The topological polar surface area (TPSA) is 42.0 Å². The predicted molar refractivity (Wildman–Crippen MR) is 63.6 cm³/mol. The van der Waals surface area contributed by atoms with E-state index in [2.05, 4.69) is 16.2 Å². The molecule has 1 amide bonds. The fourth-order valence-electron chi connectivity index (χ4n) is 1.40. The molecule has 16 heavy (non-hydrogen) atoms. The molecule has 0 saturated heterocycles. The highest BCUT2D eigenvalue weighted by Crippen LogP contribution is 1.98. The molecule has 0 fully saturated rings. The highest BCUT2D eigenvalue weighted by Gasteiger charge is 2.09. The van der Waals surface area contributed by atoms with Crippen LogP contribution >= 0.6 is 0 Å². The van der Waals surface area contributed by atoms with Crippen LogP contribution in [0.25, 0.3) is 0 Å². The number of nitrogens with one attached hydrogen (secondary N) is 1. The number of aromatic nitrogens is 1. The first-order chi connectivity index (χ1) is 7.76. The normalized spacial score (nSPS) is 11.5. The largest absolute Gasteiger partial charge is 0.342 e. The smallest absolute Gasteiger partial charge is 0.226 e. The maximum Gasteiger partial charge on any atom is 0.226 e. The van der Waals surface area contributed by atoms with Crippen LogP contribution in [-0.2, 0) is 11.2 Å². The van der Waals surface area contributed by atoms with E-state index in [0.717, 1.165) is 18.5 Å². The van der Waals surface area contributed by atoms with Crippen molar-refractivity contribution < 1.29 is 4.79 Å². The van der Waals surface area contributed by atoms with Crippen molar-refractivity contribution in [2.45, 2.75) is 32.2 Å². The Morgan fingerprint density at radius 3 is 3.00 bits per heavy atom. The minimum Gasteiger partial charge on any atom is -0.342 e. The van der Waals surface area contributed by atoms with Gasteiger partial charge in [0.2, 0.25) is 5.91 Å². The molecule has 0 aliphatic heterocycles. The Labute approximate surface area is 96.3 Å². The summed E-state index contributed by atoms with van der Waals surface area (Å²) in [5.74, 6) is 2.49. The molecule has 1 heterocycles. The van der Waals surface area contributed by atoms with E-state index in [9.17, 15) is 4.79 Å². The van der Waals surface area contributed by atoms with Crippen LogP contribution in [0.3, 0.4) is 0 Å². The average Bonchev–Trinajstić information content (AvgIpc) is 2.29. The summed E-state index contributed by atoms with van der Waals surface area (Å²) in [6.45, 7) is 2.04. The van der Waals surface area contributed by atoms with Crippen molar-refractivity contribution in [2.24, 2.45) is 0 Å². The SMILES string of the molecule is C#CC(CCC)NC(=O)Cc1ccccn1. The van der Waals surface area contributed by atoms with Crippen LogP contribution in [0, 0.1) is 12.3 Å². The predicted octanol–water partition coefficient (Wildman–Crippen LogP) is 1.54. The quantitative estimate of drug-likeness (QED) is 0.759. The number of amides is 1. The van der Waals surface area contributed by atoms with Crippen molar-refractivity contribution in [1.82, 2.24) is 10.3 Å². The van der Waals surface area contributed by atoms with Gasteiger partial charge in [0, 0.05) is 11.9 Å². The van der Waals surface area contributed by atoms with Gasteiger partial charge >= 0.3 is 0 Å². The maximum absolute atomic E-state index is 11.6. The van der Waals surface area contributed by atoms with Gasteiger partial charge in [-0.25, -0.2) is 0 Å². The summed E-state index contributed by atoms with van der Waals surface area (Å²) >= 11 is 0. The Bertz CT molecular complexity index is 367. The van der Waals surface area contributed by atoms with Crippen LogP contribution in [0.5, 0.6) is 0 Å². The summed E-state index contributed by atoms with van der Waals surface area (Å²) in [6.07, 6.45) is 9.04. The lowest BCUT2D eigenvalue weighted by Gasteiger charge is -2.11.